The molecule has 0 radical (unpaired) electrons. The second kappa shape index (κ2) is 11.3. The fraction of sp³-hybridized carbons (Fsp3) is 0.481. The van der Waals surface area contributed by atoms with E-state index in [4.69, 9.17) is 20.9 Å². The fourth-order valence-corrected chi connectivity index (χ4v) is 4.57. The number of nitrogens with zero attached hydrogens (tertiary/aromatic N) is 4. The van der Waals surface area contributed by atoms with Crippen LogP contribution in [-0.2, 0) is 4.74 Å². The molecule has 37 heavy (non-hydrogen) atoms. The van der Waals surface area contributed by atoms with E-state index in [-0.39, 0.29) is 6.09 Å². The number of aromatic nitrogens is 3. The molecule has 10 heteroatoms. The van der Waals surface area contributed by atoms with Gasteiger partial charge in [-0.1, -0.05) is 6.07 Å². The zero-order valence-corrected chi connectivity index (χ0v) is 22.1. The van der Waals surface area contributed by atoms with Crippen LogP contribution >= 0.6 is 0 Å². The van der Waals surface area contributed by atoms with Crippen molar-refractivity contribution in [3.8, 4) is 5.88 Å². The monoisotopic (exact) mass is 508 g/mol. The summed E-state index contributed by atoms with van der Waals surface area (Å²) in [5.41, 5.74) is 15.0. The van der Waals surface area contributed by atoms with Crippen LogP contribution in [0.1, 0.15) is 57.7 Å². The lowest BCUT2D eigenvalue weighted by molar-refractivity contribution is -0.583. The molecule has 4 rings (SSSR count). The Labute approximate surface area is 217 Å². The van der Waals surface area contributed by atoms with E-state index in [2.05, 4.69) is 20.3 Å². The molecule has 0 bridgehead atoms. The van der Waals surface area contributed by atoms with Gasteiger partial charge < -0.3 is 25.8 Å². The third kappa shape index (κ3) is 6.64. The van der Waals surface area contributed by atoms with E-state index >= 15 is 0 Å². The number of fused-ring (bicyclic) bond motifs is 1. The maximum absolute atomic E-state index is 12.4. The van der Waals surface area contributed by atoms with Crippen molar-refractivity contribution in [3.63, 3.8) is 0 Å². The van der Waals surface area contributed by atoms with Gasteiger partial charge in [0.25, 0.3) is 0 Å². The molecular formula is C27H38N7O3+. The number of nitrogen functional groups attached to an aromatic ring is 1. The van der Waals surface area contributed by atoms with Gasteiger partial charge in [-0.3, -0.25) is 5.32 Å². The third-order valence-electron chi connectivity index (χ3n) is 6.51. The first-order valence-corrected chi connectivity index (χ1v) is 12.8. The van der Waals surface area contributed by atoms with Crippen LogP contribution < -0.4 is 21.5 Å². The Morgan fingerprint density at radius 3 is 2.65 bits per heavy atom. The summed E-state index contributed by atoms with van der Waals surface area (Å²) < 4.78 is 11.0. The number of anilines is 1. The lowest BCUT2D eigenvalue weighted by Crippen LogP contribution is -2.81. The third-order valence-corrected chi connectivity index (χ3v) is 6.51. The topological polar surface area (TPSA) is 146 Å². The second-order valence-corrected chi connectivity index (χ2v) is 10.4. The molecule has 1 unspecified atom stereocenters. The van der Waals surface area contributed by atoms with Gasteiger partial charge in [0.2, 0.25) is 11.7 Å². The molecule has 1 aliphatic heterocycles. The Balaban J connectivity index is 1.43. The first kappa shape index (κ1) is 26.6. The number of carbonyl (C=O) groups excluding carboxylic acids is 1. The summed E-state index contributed by atoms with van der Waals surface area (Å²) in [7, 11) is 0. The van der Waals surface area contributed by atoms with Gasteiger partial charge in [0, 0.05) is 30.5 Å². The minimum absolute atomic E-state index is 0.244. The van der Waals surface area contributed by atoms with Crippen molar-refractivity contribution in [1.82, 2.24) is 19.9 Å². The average molecular weight is 509 g/mol. The molecule has 1 aromatic carbocycles. The van der Waals surface area contributed by atoms with E-state index in [9.17, 15) is 4.79 Å². The Kier molecular flexibility index (Phi) is 8.09. The maximum Gasteiger partial charge on any atom is 0.410 e. The predicted octanol–water partition coefficient (Wildman–Crippen LogP) is 2.90. The zero-order chi connectivity index (χ0) is 26.6. The minimum Gasteiger partial charge on any atom is -0.478 e. The standard InChI is InChI=1S/C27H37N7O3/c1-5-36-21-9-7-18-14-19(6-8-20(18)33-21)23(28)22-24(29)31-16-32-25(22)30-15-17-10-12-34(13-11-17)26(35)37-27(2,3)4/h6-9,14,16-17,23H,5,10-13,15,28H2,1-4H3,(H3,29,30,31,32)/p+1. The molecule has 10 nitrogen and oxygen atoms in total. The summed E-state index contributed by atoms with van der Waals surface area (Å²) in [6, 6.07) is 9.26. The first-order valence-electron chi connectivity index (χ1n) is 12.8. The van der Waals surface area contributed by atoms with Gasteiger partial charge in [-0.25, -0.2) is 14.8 Å². The van der Waals surface area contributed by atoms with Crippen LogP contribution in [0.15, 0.2) is 36.7 Å². The van der Waals surface area contributed by atoms with Crippen LogP contribution in [0.25, 0.3) is 10.9 Å². The van der Waals surface area contributed by atoms with Crippen LogP contribution in [-0.4, -0.2) is 57.8 Å². The summed E-state index contributed by atoms with van der Waals surface area (Å²) in [5.74, 6) is 2.16. The van der Waals surface area contributed by atoms with E-state index in [0.717, 1.165) is 41.7 Å². The lowest BCUT2D eigenvalue weighted by atomic mass is 9.96. The number of carbonyl (C=O) groups is 1. The molecule has 0 saturated carbocycles. The summed E-state index contributed by atoms with van der Waals surface area (Å²) in [6.07, 6.45) is 3.03. The number of benzene rings is 1. The van der Waals surface area contributed by atoms with Gasteiger partial charge in [-0.05, 0) is 64.3 Å². The summed E-state index contributed by atoms with van der Waals surface area (Å²) in [6.45, 7) is 10.3. The van der Waals surface area contributed by atoms with Gasteiger partial charge in [-0.2, -0.15) is 4.98 Å². The van der Waals surface area contributed by atoms with Gasteiger partial charge >= 0.3 is 6.09 Å². The smallest absolute Gasteiger partial charge is 0.410 e. The van der Waals surface area contributed by atoms with Crippen molar-refractivity contribution in [3.05, 3.63) is 47.8 Å². The number of amides is 1. The van der Waals surface area contributed by atoms with Crippen molar-refractivity contribution in [2.75, 3.05) is 32.0 Å². The Bertz CT molecular complexity index is 1240. The van der Waals surface area contributed by atoms with E-state index in [1.54, 1.807) is 4.90 Å². The van der Waals surface area contributed by atoms with Crippen LogP contribution in [0.3, 0.4) is 0 Å². The largest absolute Gasteiger partial charge is 0.478 e. The van der Waals surface area contributed by atoms with Crippen molar-refractivity contribution in [2.24, 2.45) is 11.7 Å². The highest BCUT2D eigenvalue weighted by molar-refractivity contribution is 5.80. The highest BCUT2D eigenvalue weighted by Gasteiger charge is 2.29. The molecule has 1 aliphatic rings. The number of quaternary nitrogens is 1. The lowest BCUT2D eigenvalue weighted by Gasteiger charge is -2.32. The average Bonchev–Trinajstić information content (AvgIpc) is 2.86. The van der Waals surface area contributed by atoms with Crippen LogP contribution in [0.4, 0.5) is 16.4 Å². The van der Waals surface area contributed by atoms with Crippen LogP contribution in [0.5, 0.6) is 5.88 Å². The highest BCUT2D eigenvalue weighted by atomic mass is 16.6. The van der Waals surface area contributed by atoms with E-state index in [1.807, 2.05) is 58.0 Å². The van der Waals surface area contributed by atoms with Crippen LogP contribution in [0.2, 0.25) is 0 Å². The normalized spacial score (nSPS) is 15.5. The van der Waals surface area contributed by atoms with E-state index in [1.165, 1.54) is 6.33 Å². The van der Waals surface area contributed by atoms with Gasteiger partial charge in [0.1, 0.15) is 17.7 Å². The van der Waals surface area contributed by atoms with Gasteiger partial charge in [0.05, 0.1) is 30.3 Å². The molecule has 1 atom stereocenters. The molecule has 2 aromatic heterocycles. The molecule has 1 saturated heterocycles. The Morgan fingerprint density at radius 1 is 1.19 bits per heavy atom. The summed E-state index contributed by atoms with van der Waals surface area (Å²) in [4.78, 5) is 27.4. The Morgan fingerprint density at radius 2 is 1.95 bits per heavy atom. The highest BCUT2D eigenvalue weighted by Crippen LogP contribution is 2.29. The van der Waals surface area contributed by atoms with Gasteiger partial charge in [0.15, 0.2) is 0 Å². The number of rotatable bonds is 7. The van der Waals surface area contributed by atoms with Crippen molar-refractivity contribution < 1.29 is 19.6 Å². The number of nitrogens with two attached hydrogens (primary N) is 3. The first-order chi connectivity index (χ1) is 17.6. The van der Waals surface area contributed by atoms with Gasteiger partial charge in [-0.15, -0.1) is 0 Å². The number of ether oxygens (including phenoxy) is 2. The van der Waals surface area contributed by atoms with E-state index in [0.29, 0.717) is 42.9 Å². The predicted molar refractivity (Wildman–Crippen MR) is 142 cm³/mol. The molecule has 1 fully saturated rings. The molecule has 1 amide bonds. The van der Waals surface area contributed by atoms with Crippen molar-refractivity contribution in [2.45, 2.75) is 52.2 Å². The molecule has 6 N–H and O–H groups in total. The van der Waals surface area contributed by atoms with Crippen LogP contribution in [0, 0.1) is 5.92 Å². The molecule has 3 heterocycles. The number of pyridine rings is 1. The SMILES string of the molecule is CCOc1ccc2cc(C(N)c3c(N)ncnc3[NH2+]CC3CCN(C(=O)OC(C)(C)C)CC3)ccc2n1. The molecule has 0 aliphatic carbocycles. The molecular weight excluding hydrogens is 470 g/mol. The quantitative estimate of drug-likeness (QED) is 0.441. The summed E-state index contributed by atoms with van der Waals surface area (Å²) >= 11 is 0. The minimum atomic E-state index is -0.488. The number of hydrogen-bond acceptors (Lipinski definition) is 8. The number of piperidine rings is 1. The second-order valence-electron chi connectivity index (χ2n) is 10.4. The zero-order valence-electron chi connectivity index (χ0n) is 22.1. The maximum atomic E-state index is 12.4. The summed E-state index contributed by atoms with van der Waals surface area (Å²) in [5, 5.41) is 3.06. The van der Waals surface area contributed by atoms with E-state index < -0.39 is 11.6 Å². The molecule has 3 aromatic rings. The number of likely N-dealkylation sites (tertiary alicyclic amines) is 1. The van der Waals surface area contributed by atoms with Crippen molar-refractivity contribution >= 4 is 28.6 Å². The molecule has 0 spiro atoms. The fourth-order valence-electron chi connectivity index (χ4n) is 4.57. The number of hydrogen-bond donors (Lipinski definition) is 3. The van der Waals surface area contributed by atoms with Crippen molar-refractivity contribution in [1.29, 1.82) is 0 Å². The Hall–Kier alpha value is -3.50. The molecule has 198 valence electrons.